The van der Waals surface area contributed by atoms with E-state index in [0.717, 1.165) is 29.9 Å². The molecule has 1 aliphatic heterocycles. The summed E-state index contributed by atoms with van der Waals surface area (Å²) in [6.45, 7) is 0.792. The predicted molar refractivity (Wildman–Crippen MR) is 62.6 cm³/mol. The maximum Gasteiger partial charge on any atom is 0.341 e. The Bertz CT molecular complexity index is 575. The highest BCUT2D eigenvalue weighted by molar-refractivity contribution is 5.82. The van der Waals surface area contributed by atoms with Crippen molar-refractivity contribution in [3.8, 4) is 11.4 Å². The lowest BCUT2D eigenvalue weighted by Gasteiger charge is -1.99. The molecule has 0 saturated heterocycles. The Morgan fingerprint density at radius 1 is 1.47 bits per heavy atom. The lowest BCUT2D eigenvalue weighted by molar-refractivity contribution is 0.248. The van der Waals surface area contributed by atoms with Crippen LogP contribution in [-0.2, 0) is 6.42 Å². The summed E-state index contributed by atoms with van der Waals surface area (Å²) in [6, 6.07) is 5.01. The average molecular weight is 229 g/mol. The SMILES string of the molecule is NC(=O)n1nc(-c2ccccn2)c2c1NCC2. The van der Waals surface area contributed by atoms with E-state index in [1.165, 1.54) is 4.68 Å². The van der Waals surface area contributed by atoms with Crippen molar-refractivity contribution in [3.63, 3.8) is 0 Å². The van der Waals surface area contributed by atoms with Crippen LogP contribution in [0.25, 0.3) is 11.4 Å². The van der Waals surface area contributed by atoms with E-state index >= 15 is 0 Å². The quantitative estimate of drug-likeness (QED) is 0.758. The molecule has 0 radical (unpaired) electrons. The van der Waals surface area contributed by atoms with Gasteiger partial charge < -0.3 is 11.1 Å². The summed E-state index contributed by atoms with van der Waals surface area (Å²) >= 11 is 0. The van der Waals surface area contributed by atoms with Crippen LogP contribution in [0.5, 0.6) is 0 Å². The summed E-state index contributed by atoms with van der Waals surface area (Å²) in [7, 11) is 0. The highest BCUT2D eigenvalue weighted by Gasteiger charge is 2.25. The van der Waals surface area contributed by atoms with Crippen molar-refractivity contribution in [3.05, 3.63) is 30.0 Å². The van der Waals surface area contributed by atoms with Gasteiger partial charge in [-0.25, -0.2) is 4.79 Å². The minimum atomic E-state index is -0.585. The van der Waals surface area contributed by atoms with E-state index in [-0.39, 0.29) is 0 Å². The Kier molecular flexibility index (Phi) is 2.07. The number of hydrogen-bond donors (Lipinski definition) is 2. The molecule has 3 heterocycles. The zero-order chi connectivity index (χ0) is 11.8. The van der Waals surface area contributed by atoms with Gasteiger partial charge in [0.05, 0.1) is 5.69 Å². The third-order valence-corrected chi connectivity index (χ3v) is 2.77. The molecule has 0 atom stereocenters. The summed E-state index contributed by atoms with van der Waals surface area (Å²) in [5.74, 6) is 0.693. The van der Waals surface area contributed by atoms with Gasteiger partial charge in [-0.05, 0) is 18.6 Å². The van der Waals surface area contributed by atoms with Crippen molar-refractivity contribution < 1.29 is 4.79 Å². The van der Waals surface area contributed by atoms with Crippen LogP contribution in [-0.4, -0.2) is 27.3 Å². The molecule has 0 aromatic carbocycles. The first-order chi connectivity index (χ1) is 8.27. The molecule has 2 aromatic rings. The zero-order valence-electron chi connectivity index (χ0n) is 9.05. The number of carbonyl (C=O) groups excluding carboxylic acids is 1. The number of fused-ring (bicyclic) bond motifs is 1. The second-order valence-electron chi connectivity index (χ2n) is 3.82. The van der Waals surface area contributed by atoms with E-state index in [1.807, 2.05) is 18.2 Å². The van der Waals surface area contributed by atoms with E-state index in [0.29, 0.717) is 5.82 Å². The normalized spacial score (nSPS) is 13.2. The highest BCUT2D eigenvalue weighted by atomic mass is 16.2. The summed E-state index contributed by atoms with van der Waals surface area (Å²) in [5, 5.41) is 7.33. The largest absolute Gasteiger partial charge is 0.369 e. The second kappa shape index (κ2) is 3.58. The van der Waals surface area contributed by atoms with Crippen LogP contribution in [0.1, 0.15) is 5.56 Å². The van der Waals surface area contributed by atoms with E-state index in [2.05, 4.69) is 15.4 Å². The topological polar surface area (TPSA) is 85.8 Å². The standard InChI is InChI=1S/C11H11N5O/c12-11(17)16-10-7(4-6-14-10)9(15-16)8-3-1-2-5-13-8/h1-3,5,14H,4,6H2,(H2,12,17). The molecule has 1 amide bonds. The van der Waals surface area contributed by atoms with Gasteiger partial charge in [0.15, 0.2) is 0 Å². The molecular weight excluding hydrogens is 218 g/mol. The fraction of sp³-hybridized carbons (Fsp3) is 0.182. The molecule has 86 valence electrons. The molecule has 0 bridgehead atoms. The molecule has 0 saturated carbocycles. The van der Waals surface area contributed by atoms with Crippen LogP contribution < -0.4 is 11.1 Å². The van der Waals surface area contributed by atoms with E-state index < -0.39 is 6.03 Å². The molecule has 0 spiro atoms. The van der Waals surface area contributed by atoms with Crippen LogP contribution in [0.2, 0.25) is 0 Å². The highest BCUT2D eigenvalue weighted by Crippen LogP contribution is 2.31. The predicted octanol–water partition coefficient (Wildman–Crippen LogP) is 0.840. The number of rotatable bonds is 1. The average Bonchev–Trinajstić information content (AvgIpc) is 2.90. The van der Waals surface area contributed by atoms with Crippen molar-refractivity contribution in [2.24, 2.45) is 5.73 Å². The van der Waals surface area contributed by atoms with Crippen LogP contribution >= 0.6 is 0 Å². The first-order valence-corrected chi connectivity index (χ1v) is 5.34. The smallest absolute Gasteiger partial charge is 0.341 e. The number of amides is 1. The number of aromatic nitrogens is 3. The molecule has 17 heavy (non-hydrogen) atoms. The Morgan fingerprint density at radius 2 is 2.35 bits per heavy atom. The zero-order valence-corrected chi connectivity index (χ0v) is 9.05. The molecule has 1 aliphatic rings. The van der Waals surface area contributed by atoms with Crippen molar-refractivity contribution in [2.75, 3.05) is 11.9 Å². The van der Waals surface area contributed by atoms with Gasteiger partial charge in [-0.2, -0.15) is 9.78 Å². The van der Waals surface area contributed by atoms with E-state index in [4.69, 9.17) is 5.73 Å². The Balaban J connectivity index is 2.19. The number of primary amides is 1. The molecule has 2 aromatic heterocycles. The van der Waals surface area contributed by atoms with Crippen LogP contribution in [0.4, 0.5) is 10.6 Å². The van der Waals surface area contributed by atoms with Crippen molar-refractivity contribution in [2.45, 2.75) is 6.42 Å². The Labute approximate surface area is 97.5 Å². The van der Waals surface area contributed by atoms with Gasteiger partial charge in [0.25, 0.3) is 0 Å². The van der Waals surface area contributed by atoms with Crippen LogP contribution in [0, 0.1) is 0 Å². The van der Waals surface area contributed by atoms with Gasteiger partial charge in [0.2, 0.25) is 0 Å². The number of pyridine rings is 1. The third kappa shape index (κ3) is 1.45. The molecule has 3 rings (SSSR count). The van der Waals surface area contributed by atoms with Crippen LogP contribution in [0.15, 0.2) is 24.4 Å². The van der Waals surface area contributed by atoms with E-state index in [9.17, 15) is 4.79 Å². The fourth-order valence-corrected chi connectivity index (χ4v) is 2.04. The lowest BCUT2D eigenvalue weighted by Crippen LogP contribution is -2.22. The van der Waals surface area contributed by atoms with Crippen LogP contribution in [0.3, 0.4) is 0 Å². The molecule has 6 nitrogen and oxygen atoms in total. The maximum absolute atomic E-state index is 11.3. The van der Waals surface area contributed by atoms with Crippen molar-refractivity contribution >= 4 is 11.8 Å². The number of anilines is 1. The maximum atomic E-state index is 11.3. The summed E-state index contributed by atoms with van der Waals surface area (Å²) in [6.07, 6.45) is 2.53. The molecule has 0 fully saturated rings. The number of carbonyl (C=O) groups is 1. The molecular formula is C11H11N5O. The molecule has 0 unspecified atom stereocenters. The number of nitrogens with two attached hydrogens (primary N) is 1. The Morgan fingerprint density at radius 3 is 3.06 bits per heavy atom. The fourth-order valence-electron chi connectivity index (χ4n) is 2.04. The van der Waals surface area contributed by atoms with E-state index in [1.54, 1.807) is 6.20 Å². The monoisotopic (exact) mass is 229 g/mol. The first-order valence-electron chi connectivity index (χ1n) is 5.34. The van der Waals surface area contributed by atoms with Gasteiger partial charge in [0, 0.05) is 18.3 Å². The molecule has 3 N–H and O–H groups in total. The van der Waals surface area contributed by atoms with Gasteiger partial charge >= 0.3 is 6.03 Å². The first kappa shape index (κ1) is 9.83. The third-order valence-electron chi connectivity index (χ3n) is 2.77. The second-order valence-corrected chi connectivity index (χ2v) is 3.82. The van der Waals surface area contributed by atoms with Gasteiger partial charge in [-0.1, -0.05) is 6.07 Å². The number of hydrogen-bond acceptors (Lipinski definition) is 4. The Hall–Kier alpha value is -2.37. The van der Waals surface area contributed by atoms with Gasteiger partial charge in [0.1, 0.15) is 11.5 Å². The number of nitrogens with one attached hydrogen (secondary N) is 1. The molecule has 0 aliphatic carbocycles. The number of nitrogens with zero attached hydrogens (tertiary/aromatic N) is 3. The van der Waals surface area contributed by atoms with Crippen molar-refractivity contribution in [1.29, 1.82) is 0 Å². The minimum Gasteiger partial charge on any atom is -0.369 e. The summed E-state index contributed by atoms with van der Waals surface area (Å²) in [4.78, 5) is 15.5. The van der Waals surface area contributed by atoms with Gasteiger partial charge in [-0.15, -0.1) is 0 Å². The minimum absolute atomic E-state index is 0.585. The molecule has 6 heteroatoms. The summed E-state index contributed by atoms with van der Waals surface area (Å²) in [5.41, 5.74) is 7.76. The lowest BCUT2D eigenvalue weighted by atomic mass is 10.1. The van der Waals surface area contributed by atoms with Gasteiger partial charge in [-0.3, -0.25) is 4.98 Å². The van der Waals surface area contributed by atoms with Crippen molar-refractivity contribution in [1.82, 2.24) is 14.8 Å². The summed E-state index contributed by atoms with van der Waals surface area (Å²) < 4.78 is 1.20.